The van der Waals surface area contributed by atoms with Crippen LogP contribution in [0.25, 0.3) is 0 Å². The van der Waals surface area contributed by atoms with Gasteiger partial charge in [-0.15, -0.1) is 10.2 Å². The van der Waals surface area contributed by atoms with Crippen LogP contribution in [-0.2, 0) is 0 Å². The van der Waals surface area contributed by atoms with Crippen molar-refractivity contribution in [1.29, 1.82) is 0 Å². The highest BCUT2D eigenvalue weighted by Crippen LogP contribution is 2.20. The average molecular weight is 274 g/mol. The second-order valence-corrected chi connectivity index (χ2v) is 4.15. The molecule has 2 rings (SSSR count). The third-order valence-electron chi connectivity index (χ3n) is 1.89. The highest BCUT2D eigenvalue weighted by Gasteiger charge is 2.16. The van der Waals surface area contributed by atoms with E-state index in [0.29, 0.717) is 12.1 Å². The Morgan fingerprint density at radius 3 is 2.44 bits per heavy atom. The van der Waals surface area contributed by atoms with Gasteiger partial charge in [-0.1, -0.05) is 11.3 Å². The molecule has 0 unspecified atom stereocenters. The first-order chi connectivity index (χ1) is 8.47. The molecule has 0 atom stereocenters. The number of carbonyl (C=O) groups excluding carboxylic acids is 1. The lowest BCUT2D eigenvalue weighted by molar-refractivity contribution is 0.102. The van der Waals surface area contributed by atoms with Gasteiger partial charge in [0.25, 0.3) is 5.91 Å². The van der Waals surface area contributed by atoms with Gasteiger partial charge in [-0.25, -0.2) is 13.2 Å². The molecular weight excluding hydrogens is 269 g/mol. The van der Waals surface area contributed by atoms with Crippen LogP contribution in [0.3, 0.4) is 0 Å². The van der Waals surface area contributed by atoms with Crippen LogP contribution < -0.4 is 11.1 Å². The Kier molecular flexibility index (Phi) is 3.15. The molecule has 1 aromatic carbocycles. The quantitative estimate of drug-likeness (QED) is 0.818. The third-order valence-corrected chi connectivity index (χ3v) is 2.64. The van der Waals surface area contributed by atoms with Crippen LogP contribution in [0.2, 0.25) is 0 Å². The first-order valence-corrected chi connectivity index (χ1v) is 5.34. The van der Waals surface area contributed by atoms with E-state index in [0.717, 1.165) is 11.3 Å². The Labute approximate surface area is 102 Å². The van der Waals surface area contributed by atoms with Gasteiger partial charge in [0.05, 0.1) is 5.69 Å². The molecule has 0 aliphatic carbocycles. The van der Waals surface area contributed by atoms with Gasteiger partial charge >= 0.3 is 0 Å². The summed E-state index contributed by atoms with van der Waals surface area (Å²) in [5.41, 5.74) is 4.77. The topological polar surface area (TPSA) is 80.9 Å². The molecule has 1 aromatic heterocycles. The molecule has 0 aliphatic rings. The van der Waals surface area contributed by atoms with Crippen LogP contribution in [0.4, 0.5) is 24.0 Å². The molecule has 5 nitrogen and oxygen atoms in total. The summed E-state index contributed by atoms with van der Waals surface area (Å²) in [6.07, 6.45) is 0. The van der Waals surface area contributed by atoms with E-state index in [-0.39, 0.29) is 10.1 Å². The summed E-state index contributed by atoms with van der Waals surface area (Å²) >= 11 is 0.782. The molecule has 0 spiro atoms. The molecule has 0 aliphatic heterocycles. The molecular formula is C9H5F3N4OS. The molecule has 0 fully saturated rings. The number of nitrogen functional groups attached to an aromatic ring is 1. The maximum absolute atomic E-state index is 13.2. The standard InChI is InChI=1S/C9H5F3N4OS/c10-3-1-5(12)6(2-4(3)11)14-7(17)8-15-16-9(13)18-8/h1-2H,(H2,13,16)(H,14,17). The van der Waals surface area contributed by atoms with Crippen molar-refractivity contribution in [2.24, 2.45) is 0 Å². The van der Waals surface area contributed by atoms with Crippen molar-refractivity contribution < 1.29 is 18.0 Å². The zero-order chi connectivity index (χ0) is 13.3. The largest absolute Gasteiger partial charge is 0.374 e. The number of rotatable bonds is 2. The fourth-order valence-electron chi connectivity index (χ4n) is 1.12. The average Bonchev–Trinajstić information content (AvgIpc) is 2.73. The zero-order valence-electron chi connectivity index (χ0n) is 8.58. The summed E-state index contributed by atoms with van der Waals surface area (Å²) in [4.78, 5) is 11.5. The Morgan fingerprint density at radius 2 is 1.83 bits per heavy atom. The van der Waals surface area contributed by atoms with Crippen molar-refractivity contribution in [3.63, 3.8) is 0 Å². The maximum Gasteiger partial charge on any atom is 0.286 e. The predicted molar refractivity (Wildman–Crippen MR) is 58.6 cm³/mol. The number of hydrogen-bond acceptors (Lipinski definition) is 5. The number of carbonyl (C=O) groups is 1. The molecule has 0 saturated carbocycles. The van der Waals surface area contributed by atoms with Crippen LogP contribution in [0.1, 0.15) is 9.80 Å². The van der Waals surface area contributed by atoms with Gasteiger partial charge in [0, 0.05) is 12.1 Å². The minimum absolute atomic E-state index is 0.0610. The smallest absolute Gasteiger partial charge is 0.286 e. The maximum atomic E-state index is 13.2. The molecule has 0 saturated heterocycles. The van der Waals surface area contributed by atoms with Crippen molar-refractivity contribution in [2.45, 2.75) is 0 Å². The van der Waals surface area contributed by atoms with Gasteiger partial charge in [-0.2, -0.15) is 0 Å². The molecule has 94 valence electrons. The van der Waals surface area contributed by atoms with Gasteiger partial charge < -0.3 is 11.1 Å². The lowest BCUT2D eigenvalue weighted by atomic mass is 10.3. The monoisotopic (exact) mass is 274 g/mol. The number of hydrogen-bond donors (Lipinski definition) is 2. The number of aromatic nitrogens is 2. The summed E-state index contributed by atoms with van der Waals surface area (Å²) in [5.74, 6) is -4.53. The van der Waals surface area contributed by atoms with E-state index in [1.54, 1.807) is 0 Å². The first-order valence-electron chi connectivity index (χ1n) is 4.52. The highest BCUT2D eigenvalue weighted by atomic mass is 32.1. The van der Waals surface area contributed by atoms with Crippen molar-refractivity contribution in [1.82, 2.24) is 10.2 Å². The summed E-state index contributed by atoms with van der Waals surface area (Å²) in [6, 6.07) is 0.867. The fourth-order valence-corrected chi connectivity index (χ4v) is 1.63. The van der Waals surface area contributed by atoms with Crippen molar-refractivity contribution in [3.05, 3.63) is 34.6 Å². The second kappa shape index (κ2) is 4.61. The molecule has 1 amide bonds. The summed E-state index contributed by atoms with van der Waals surface area (Å²) in [6.45, 7) is 0. The number of nitrogens with two attached hydrogens (primary N) is 1. The van der Waals surface area contributed by atoms with Crippen LogP contribution in [-0.4, -0.2) is 16.1 Å². The Bertz CT molecular complexity index is 616. The lowest BCUT2D eigenvalue weighted by Crippen LogP contribution is -2.13. The molecule has 0 radical (unpaired) electrons. The number of nitrogens with one attached hydrogen (secondary N) is 1. The van der Waals surface area contributed by atoms with Crippen LogP contribution in [0.15, 0.2) is 12.1 Å². The molecule has 1 heterocycles. The van der Waals surface area contributed by atoms with Crippen molar-refractivity contribution >= 4 is 28.1 Å². The second-order valence-electron chi connectivity index (χ2n) is 3.15. The minimum atomic E-state index is -1.34. The number of benzene rings is 1. The van der Waals surface area contributed by atoms with E-state index in [1.807, 2.05) is 5.32 Å². The van der Waals surface area contributed by atoms with Crippen LogP contribution >= 0.6 is 11.3 Å². The third kappa shape index (κ3) is 2.40. The predicted octanol–water partition coefficient (Wildman–Crippen LogP) is 1.79. The lowest BCUT2D eigenvalue weighted by Gasteiger charge is -2.04. The highest BCUT2D eigenvalue weighted by molar-refractivity contribution is 7.16. The van der Waals surface area contributed by atoms with Gasteiger partial charge in [0.2, 0.25) is 10.1 Å². The van der Waals surface area contributed by atoms with E-state index in [1.165, 1.54) is 0 Å². The molecule has 18 heavy (non-hydrogen) atoms. The molecule has 2 aromatic rings. The summed E-state index contributed by atoms with van der Waals surface area (Å²) < 4.78 is 38.8. The van der Waals surface area contributed by atoms with Crippen molar-refractivity contribution in [2.75, 3.05) is 11.1 Å². The van der Waals surface area contributed by atoms with Gasteiger partial charge in [0.15, 0.2) is 11.6 Å². The van der Waals surface area contributed by atoms with Gasteiger partial charge in [-0.3, -0.25) is 4.79 Å². The number of amides is 1. The summed E-state index contributed by atoms with van der Waals surface area (Å²) in [7, 11) is 0. The van der Waals surface area contributed by atoms with E-state index >= 15 is 0 Å². The number of halogens is 3. The molecule has 0 bridgehead atoms. The van der Waals surface area contributed by atoms with Crippen molar-refractivity contribution in [3.8, 4) is 0 Å². The Morgan fingerprint density at radius 1 is 1.17 bits per heavy atom. The SMILES string of the molecule is Nc1nnc(C(=O)Nc2cc(F)c(F)cc2F)s1. The summed E-state index contributed by atoms with van der Waals surface area (Å²) in [5, 5.41) is 8.80. The van der Waals surface area contributed by atoms with Gasteiger partial charge in [0.1, 0.15) is 5.82 Å². The van der Waals surface area contributed by atoms with Crippen LogP contribution in [0, 0.1) is 17.5 Å². The Balaban J connectivity index is 2.24. The zero-order valence-corrected chi connectivity index (χ0v) is 9.39. The fraction of sp³-hybridized carbons (Fsp3) is 0. The molecule has 3 N–H and O–H groups in total. The Hall–Kier alpha value is -2.16. The normalized spacial score (nSPS) is 10.4. The van der Waals surface area contributed by atoms with E-state index in [2.05, 4.69) is 10.2 Å². The van der Waals surface area contributed by atoms with E-state index in [4.69, 9.17) is 5.73 Å². The minimum Gasteiger partial charge on any atom is -0.374 e. The first kappa shape index (κ1) is 12.3. The molecule has 9 heteroatoms. The number of anilines is 2. The van der Waals surface area contributed by atoms with E-state index in [9.17, 15) is 18.0 Å². The van der Waals surface area contributed by atoms with Crippen LogP contribution in [0.5, 0.6) is 0 Å². The van der Waals surface area contributed by atoms with Gasteiger partial charge in [-0.05, 0) is 0 Å². The van der Waals surface area contributed by atoms with E-state index < -0.39 is 29.0 Å². The number of nitrogens with zero attached hydrogens (tertiary/aromatic N) is 2.